The average molecular weight is 576 g/mol. The van der Waals surface area contributed by atoms with E-state index in [1.165, 1.54) is 0 Å². The van der Waals surface area contributed by atoms with Gasteiger partial charge in [-0.3, -0.25) is 15.1 Å². The summed E-state index contributed by atoms with van der Waals surface area (Å²) < 4.78 is 0. The molecule has 1 amide bonds. The van der Waals surface area contributed by atoms with Gasteiger partial charge in [-0.25, -0.2) is 0 Å². The number of nitriles is 3. The molecule has 0 bridgehead atoms. The molecule has 0 spiro atoms. The summed E-state index contributed by atoms with van der Waals surface area (Å²) in [5.74, 6) is -5.00. The second-order valence-corrected chi connectivity index (χ2v) is 11.6. The molecule has 7 heteroatoms. The first-order valence-corrected chi connectivity index (χ1v) is 14.3. The summed E-state index contributed by atoms with van der Waals surface area (Å²) in [6.45, 7) is 3.67. The third-order valence-electron chi connectivity index (χ3n) is 9.63. The van der Waals surface area contributed by atoms with Crippen LogP contribution in [0.2, 0.25) is 0 Å². The number of hydrogen-bond donors (Lipinski definition) is 2. The van der Waals surface area contributed by atoms with Gasteiger partial charge in [0.2, 0.25) is 0 Å². The molecule has 1 heterocycles. The predicted molar refractivity (Wildman–Crippen MR) is 165 cm³/mol. The van der Waals surface area contributed by atoms with Crippen molar-refractivity contribution in [3.8, 4) is 18.2 Å². The van der Waals surface area contributed by atoms with Crippen molar-refractivity contribution >= 4 is 17.4 Å². The van der Waals surface area contributed by atoms with Crippen LogP contribution in [0.3, 0.4) is 0 Å². The van der Waals surface area contributed by atoms with Gasteiger partial charge in [-0.1, -0.05) is 97.1 Å². The van der Waals surface area contributed by atoms with Crippen LogP contribution in [0.5, 0.6) is 0 Å². The van der Waals surface area contributed by atoms with Gasteiger partial charge in [0.05, 0.1) is 23.9 Å². The highest BCUT2D eigenvalue weighted by Gasteiger charge is 2.83. The number of carbonyl (C=O) groups excluding carboxylic acids is 1. The summed E-state index contributed by atoms with van der Waals surface area (Å²) in [6.07, 6.45) is 0. The summed E-state index contributed by atoms with van der Waals surface area (Å²) in [6, 6.07) is 38.6. The largest absolute Gasteiger partial charge is 0.377 e. The molecule has 4 aromatic carbocycles. The van der Waals surface area contributed by atoms with E-state index in [1.807, 2.05) is 25.1 Å². The van der Waals surface area contributed by atoms with E-state index in [0.29, 0.717) is 27.9 Å². The first kappa shape index (κ1) is 28.6. The molecule has 0 radical (unpaired) electrons. The predicted octanol–water partition coefficient (Wildman–Crippen LogP) is 6.27. The van der Waals surface area contributed by atoms with Gasteiger partial charge in [0, 0.05) is 17.8 Å². The summed E-state index contributed by atoms with van der Waals surface area (Å²) >= 11 is 0. The number of aryl methyl sites for hydroxylation is 2. The van der Waals surface area contributed by atoms with Crippen molar-refractivity contribution in [2.75, 3.05) is 4.90 Å². The SMILES string of the molecule is Cc1ccccc1[C@@H]1C(C#N)(C#N)[C@@H](c2ccccc2C)[C@H](c2ccccc2)[C@@]2(O)C(=O)N(c3ccccc3)C(=N)[C@@]12C#N. The Morgan fingerprint density at radius 3 is 1.73 bits per heavy atom. The number of nitrogens with zero attached hydrogens (tertiary/aromatic N) is 4. The zero-order chi connectivity index (χ0) is 31.3. The van der Waals surface area contributed by atoms with Gasteiger partial charge in [-0.2, -0.15) is 15.8 Å². The normalized spacial score (nSPS) is 27.1. The van der Waals surface area contributed by atoms with Crippen molar-refractivity contribution in [2.45, 2.75) is 37.2 Å². The topological polar surface area (TPSA) is 136 Å². The van der Waals surface area contributed by atoms with Crippen molar-refractivity contribution in [3.63, 3.8) is 0 Å². The molecule has 1 aliphatic carbocycles. The van der Waals surface area contributed by atoms with E-state index >= 15 is 0 Å². The second kappa shape index (κ2) is 10.3. The first-order chi connectivity index (χ1) is 21.2. The number of benzene rings is 4. The maximum Gasteiger partial charge on any atom is 0.267 e. The number of nitrogens with one attached hydrogen (secondary N) is 1. The van der Waals surface area contributed by atoms with Gasteiger partial charge >= 0.3 is 0 Å². The van der Waals surface area contributed by atoms with Crippen LogP contribution < -0.4 is 4.90 Å². The molecule has 44 heavy (non-hydrogen) atoms. The molecule has 2 N–H and O–H groups in total. The summed E-state index contributed by atoms with van der Waals surface area (Å²) in [7, 11) is 0. The summed E-state index contributed by atoms with van der Waals surface area (Å²) in [5.41, 5.74) is -3.58. The minimum Gasteiger partial charge on any atom is -0.377 e. The molecular weight excluding hydrogens is 546 g/mol. The number of amides is 1. The van der Waals surface area contributed by atoms with Gasteiger partial charge in [-0.15, -0.1) is 0 Å². The number of hydrogen-bond acceptors (Lipinski definition) is 6. The number of carbonyl (C=O) groups is 1. The molecule has 0 unspecified atom stereocenters. The molecule has 214 valence electrons. The zero-order valence-electron chi connectivity index (χ0n) is 24.3. The summed E-state index contributed by atoms with van der Waals surface area (Å²) in [5, 5.41) is 56.8. The van der Waals surface area contributed by atoms with Crippen molar-refractivity contribution < 1.29 is 9.90 Å². The molecule has 1 saturated carbocycles. The molecule has 7 nitrogen and oxygen atoms in total. The van der Waals surface area contributed by atoms with Gasteiger partial charge in [0.15, 0.2) is 16.4 Å². The van der Waals surface area contributed by atoms with Gasteiger partial charge in [-0.05, 0) is 53.8 Å². The van der Waals surface area contributed by atoms with Crippen LogP contribution in [-0.4, -0.2) is 22.5 Å². The smallest absolute Gasteiger partial charge is 0.267 e. The fourth-order valence-corrected chi connectivity index (χ4v) is 7.72. The number of aliphatic hydroxyl groups is 1. The summed E-state index contributed by atoms with van der Waals surface area (Å²) in [4.78, 5) is 16.0. The molecular formula is C37H29N5O2. The third kappa shape index (κ3) is 3.50. The minimum atomic E-state index is -2.55. The van der Waals surface area contributed by atoms with Crippen LogP contribution >= 0.6 is 0 Å². The Balaban J connectivity index is 1.84. The molecule has 2 fully saturated rings. The van der Waals surface area contributed by atoms with E-state index in [9.17, 15) is 31.1 Å². The molecule has 6 rings (SSSR count). The van der Waals surface area contributed by atoms with Gasteiger partial charge in [0.25, 0.3) is 5.91 Å². The Bertz CT molecular complexity index is 1910. The van der Waals surface area contributed by atoms with Crippen LogP contribution in [0.15, 0.2) is 109 Å². The van der Waals surface area contributed by atoms with E-state index in [1.54, 1.807) is 97.9 Å². The fraction of sp³-hybridized carbons (Fsp3) is 0.216. The van der Waals surface area contributed by atoms with Crippen LogP contribution in [0.4, 0.5) is 5.69 Å². The van der Waals surface area contributed by atoms with Crippen LogP contribution in [0.25, 0.3) is 0 Å². The van der Waals surface area contributed by atoms with E-state index in [2.05, 4.69) is 18.2 Å². The molecule has 0 aromatic heterocycles. The number of amidine groups is 1. The Morgan fingerprint density at radius 1 is 0.705 bits per heavy atom. The van der Waals surface area contributed by atoms with Gasteiger partial charge < -0.3 is 5.11 Å². The Kier molecular flexibility index (Phi) is 6.70. The Labute approximate surface area is 256 Å². The van der Waals surface area contributed by atoms with E-state index in [4.69, 9.17) is 0 Å². The highest BCUT2D eigenvalue weighted by atomic mass is 16.3. The quantitative estimate of drug-likeness (QED) is 0.296. The van der Waals surface area contributed by atoms with Crippen molar-refractivity contribution in [1.29, 1.82) is 21.2 Å². The number of anilines is 1. The molecule has 1 aliphatic heterocycles. The standard InChI is InChI=1S/C37H29N5O2/c1-24-13-9-11-19-28(24)31-30(26-15-5-3-6-16-26)37(44)34(43)42(27-17-7-4-8-18-27)33(41)36(37,23-40)32(35(31,21-38)22-39)29-20-12-10-14-25(29)2/h3-20,30-32,41,44H,1-2H3/t30-,31-,32+,36+,37+/m0/s1. The average Bonchev–Trinajstić information content (AvgIpc) is 3.23. The lowest BCUT2D eigenvalue weighted by atomic mass is 9.40. The van der Waals surface area contributed by atoms with Gasteiger partial charge in [0.1, 0.15) is 5.84 Å². The molecule has 4 aromatic rings. The van der Waals surface area contributed by atoms with E-state index in [0.717, 1.165) is 10.5 Å². The van der Waals surface area contributed by atoms with Crippen molar-refractivity contribution in [1.82, 2.24) is 0 Å². The fourth-order valence-electron chi connectivity index (χ4n) is 7.72. The number of rotatable bonds is 4. The second-order valence-electron chi connectivity index (χ2n) is 11.6. The maximum atomic E-state index is 14.9. The number of para-hydroxylation sites is 1. The molecule has 1 saturated heterocycles. The molecule has 2 aliphatic rings. The molecule has 5 atom stereocenters. The highest BCUT2D eigenvalue weighted by molar-refractivity contribution is 6.29. The minimum absolute atomic E-state index is 0.308. The Morgan fingerprint density at radius 2 is 1.20 bits per heavy atom. The monoisotopic (exact) mass is 575 g/mol. The van der Waals surface area contributed by atoms with E-state index in [-0.39, 0.29) is 0 Å². The van der Waals surface area contributed by atoms with Crippen molar-refractivity contribution in [2.24, 2.45) is 10.8 Å². The lowest BCUT2D eigenvalue weighted by molar-refractivity contribution is -0.154. The lowest BCUT2D eigenvalue weighted by Gasteiger charge is -2.57. The Hall–Kier alpha value is -5.55. The van der Waals surface area contributed by atoms with Crippen LogP contribution in [0, 0.1) is 64.1 Å². The maximum absolute atomic E-state index is 14.9. The zero-order valence-corrected chi connectivity index (χ0v) is 24.3. The lowest BCUT2D eigenvalue weighted by Crippen LogP contribution is -2.67. The third-order valence-corrected chi connectivity index (χ3v) is 9.63. The van der Waals surface area contributed by atoms with E-state index < -0.39 is 45.9 Å². The van der Waals surface area contributed by atoms with Crippen LogP contribution in [-0.2, 0) is 4.79 Å². The van der Waals surface area contributed by atoms with Crippen molar-refractivity contribution in [3.05, 3.63) is 137 Å². The highest BCUT2D eigenvalue weighted by Crippen LogP contribution is 2.72. The van der Waals surface area contributed by atoms with Crippen LogP contribution in [0.1, 0.15) is 45.6 Å². The first-order valence-electron chi connectivity index (χ1n) is 14.3. The number of fused-ring (bicyclic) bond motifs is 1.